The Morgan fingerprint density at radius 3 is 2.59 bits per heavy atom. The minimum absolute atomic E-state index is 0. The summed E-state index contributed by atoms with van der Waals surface area (Å²) in [6.45, 7) is 5.76. The maximum atomic E-state index is 5.52. The number of benzene rings is 1. The monoisotopic (exact) mass is 326 g/mol. The maximum absolute atomic E-state index is 5.52. The number of hydrogen-bond acceptors (Lipinski definition) is 4. The van der Waals surface area contributed by atoms with E-state index in [2.05, 4.69) is 16.3 Å². The molecule has 1 spiro atoms. The largest absolute Gasteiger partial charge is 0.497 e. The van der Waals surface area contributed by atoms with Gasteiger partial charge in [-0.1, -0.05) is 6.07 Å². The fraction of sp³-hybridized carbons (Fsp3) is 0.647. The van der Waals surface area contributed by atoms with Gasteiger partial charge in [-0.2, -0.15) is 0 Å². The molecule has 0 unspecified atom stereocenters. The molecule has 2 saturated heterocycles. The summed E-state index contributed by atoms with van der Waals surface area (Å²) in [6, 6.07) is 6.13. The van der Waals surface area contributed by atoms with Gasteiger partial charge in [-0.25, -0.2) is 0 Å². The van der Waals surface area contributed by atoms with E-state index in [1.807, 2.05) is 12.1 Å². The Hall–Kier alpha value is -0.970. The molecule has 2 heterocycles. The third kappa shape index (κ3) is 3.67. The van der Waals surface area contributed by atoms with Crippen molar-refractivity contribution in [2.45, 2.75) is 25.8 Å². The molecule has 124 valence electrons. The van der Waals surface area contributed by atoms with Crippen LogP contribution in [0.4, 0.5) is 0 Å². The summed E-state index contributed by atoms with van der Waals surface area (Å²) in [4.78, 5) is 2.58. The second-order valence-corrected chi connectivity index (χ2v) is 6.39. The number of nitrogens with one attached hydrogen (secondary N) is 1. The van der Waals surface area contributed by atoms with Crippen LogP contribution in [0.1, 0.15) is 24.8 Å². The predicted octanol–water partition coefficient (Wildman–Crippen LogP) is 2.70. The van der Waals surface area contributed by atoms with E-state index >= 15 is 0 Å². The van der Waals surface area contributed by atoms with Crippen molar-refractivity contribution in [3.63, 3.8) is 0 Å². The first kappa shape index (κ1) is 17.4. The first-order chi connectivity index (χ1) is 10.2. The molecule has 0 aromatic heterocycles. The van der Waals surface area contributed by atoms with E-state index in [0.29, 0.717) is 5.41 Å². The number of piperidine rings is 1. The van der Waals surface area contributed by atoms with Crippen LogP contribution in [0, 0.1) is 5.41 Å². The van der Waals surface area contributed by atoms with Crippen molar-refractivity contribution in [1.82, 2.24) is 10.2 Å². The molecule has 1 aromatic rings. The standard InChI is InChI=1S/C17H26N2O2.ClH/c1-20-15-4-3-14(16(11-15)21-2)12-19-10-7-17(13-19)5-8-18-9-6-17;/h3-4,11,18H,5-10,12-13H2,1-2H3;1H. The van der Waals surface area contributed by atoms with Gasteiger partial charge in [-0.3, -0.25) is 4.90 Å². The van der Waals surface area contributed by atoms with E-state index in [0.717, 1.165) is 18.0 Å². The first-order valence-electron chi connectivity index (χ1n) is 7.89. The molecule has 0 saturated carbocycles. The summed E-state index contributed by atoms with van der Waals surface area (Å²) in [6.07, 6.45) is 3.99. The van der Waals surface area contributed by atoms with Crippen LogP contribution in [0.5, 0.6) is 11.5 Å². The van der Waals surface area contributed by atoms with Crippen molar-refractivity contribution in [2.75, 3.05) is 40.4 Å². The average Bonchev–Trinajstić information content (AvgIpc) is 2.90. The zero-order chi connectivity index (χ0) is 14.7. The molecule has 0 bridgehead atoms. The van der Waals surface area contributed by atoms with Crippen LogP contribution in [0.15, 0.2) is 18.2 Å². The Labute approximate surface area is 139 Å². The number of likely N-dealkylation sites (tertiary alicyclic amines) is 1. The van der Waals surface area contributed by atoms with Crippen molar-refractivity contribution < 1.29 is 9.47 Å². The van der Waals surface area contributed by atoms with Crippen LogP contribution in [-0.2, 0) is 6.54 Å². The third-order valence-electron chi connectivity index (χ3n) is 5.07. The Morgan fingerprint density at radius 1 is 1.14 bits per heavy atom. The lowest BCUT2D eigenvalue weighted by Crippen LogP contribution is -2.38. The van der Waals surface area contributed by atoms with Crippen LogP contribution in [0.3, 0.4) is 0 Å². The van der Waals surface area contributed by atoms with Crippen LogP contribution in [-0.4, -0.2) is 45.3 Å². The Morgan fingerprint density at radius 2 is 1.91 bits per heavy atom. The number of hydrogen-bond donors (Lipinski definition) is 1. The highest BCUT2D eigenvalue weighted by molar-refractivity contribution is 5.85. The minimum atomic E-state index is 0. The molecule has 2 fully saturated rings. The van der Waals surface area contributed by atoms with Crippen molar-refractivity contribution >= 4 is 12.4 Å². The van der Waals surface area contributed by atoms with Crippen molar-refractivity contribution in [1.29, 1.82) is 0 Å². The quantitative estimate of drug-likeness (QED) is 0.922. The number of rotatable bonds is 4. The van der Waals surface area contributed by atoms with Gasteiger partial charge in [0.25, 0.3) is 0 Å². The summed E-state index contributed by atoms with van der Waals surface area (Å²) in [5, 5.41) is 3.48. The normalized spacial score (nSPS) is 20.6. The smallest absolute Gasteiger partial charge is 0.127 e. The van der Waals surface area contributed by atoms with Gasteiger partial charge in [-0.15, -0.1) is 12.4 Å². The van der Waals surface area contributed by atoms with Gasteiger partial charge in [0.1, 0.15) is 11.5 Å². The van der Waals surface area contributed by atoms with Gasteiger partial charge < -0.3 is 14.8 Å². The van der Waals surface area contributed by atoms with Crippen molar-refractivity contribution in [3.05, 3.63) is 23.8 Å². The first-order valence-corrected chi connectivity index (χ1v) is 7.89. The van der Waals surface area contributed by atoms with Crippen LogP contribution in [0.25, 0.3) is 0 Å². The Bertz CT molecular complexity index is 490. The minimum Gasteiger partial charge on any atom is -0.497 e. The third-order valence-corrected chi connectivity index (χ3v) is 5.07. The summed E-state index contributed by atoms with van der Waals surface area (Å²) >= 11 is 0. The summed E-state index contributed by atoms with van der Waals surface area (Å²) in [7, 11) is 3.42. The van der Waals surface area contributed by atoms with Crippen LogP contribution < -0.4 is 14.8 Å². The number of halogens is 1. The zero-order valence-corrected chi connectivity index (χ0v) is 14.4. The molecule has 22 heavy (non-hydrogen) atoms. The Balaban J connectivity index is 0.00000176. The van der Waals surface area contributed by atoms with Crippen LogP contribution in [0.2, 0.25) is 0 Å². The molecule has 0 aliphatic carbocycles. The second-order valence-electron chi connectivity index (χ2n) is 6.39. The van der Waals surface area contributed by atoms with Gasteiger partial charge >= 0.3 is 0 Å². The molecule has 1 aromatic carbocycles. The summed E-state index contributed by atoms with van der Waals surface area (Å²) < 4.78 is 10.8. The molecule has 5 heteroatoms. The highest BCUT2D eigenvalue weighted by Gasteiger charge is 2.38. The van der Waals surface area contributed by atoms with E-state index in [1.54, 1.807) is 14.2 Å². The van der Waals surface area contributed by atoms with Crippen molar-refractivity contribution in [2.24, 2.45) is 5.41 Å². The zero-order valence-electron chi connectivity index (χ0n) is 13.6. The molecule has 1 N–H and O–H groups in total. The van der Waals surface area contributed by atoms with Crippen LogP contribution >= 0.6 is 12.4 Å². The second kappa shape index (κ2) is 7.53. The summed E-state index contributed by atoms with van der Waals surface area (Å²) in [5.41, 5.74) is 1.81. The van der Waals surface area contributed by atoms with Gasteiger partial charge in [0.2, 0.25) is 0 Å². The fourth-order valence-electron chi connectivity index (χ4n) is 3.75. The van der Waals surface area contributed by atoms with Gasteiger partial charge in [0.15, 0.2) is 0 Å². The number of ether oxygens (including phenoxy) is 2. The summed E-state index contributed by atoms with van der Waals surface area (Å²) in [5.74, 6) is 1.78. The highest BCUT2D eigenvalue weighted by atomic mass is 35.5. The van der Waals surface area contributed by atoms with E-state index in [9.17, 15) is 0 Å². The van der Waals surface area contributed by atoms with Crippen molar-refractivity contribution in [3.8, 4) is 11.5 Å². The molecule has 0 radical (unpaired) electrons. The lowest BCUT2D eigenvalue weighted by Gasteiger charge is -2.34. The van der Waals surface area contributed by atoms with E-state index in [4.69, 9.17) is 9.47 Å². The maximum Gasteiger partial charge on any atom is 0.127 e. The van der Waals surface area contributed by atoms with Gasteiger partial charge in [0.05, 0.1) is 14.2 Å². The van der Waals surface area contributed by atoms with Gasteiger partial charge in [0, 0.05) is 24.7 Å². The molecule has 3 rings (SSSR count). The lowest BCUT2D eigenvalue weighted by molar-refractivity contribution is 0.193. The topological polar surface area (TPSA) is 33.7 Å². The van der Waals surface area contributed by atoms with E-state index in [1.165, 1.54) is 51.0 Å². The fourth-order valence-corrected chi connectivity index (χ4v) is 3.75. The highest BCUT2D eigenvalue weighted by Crippen LogP contribution is 2.39. The molecule has 2 aliphatic heterocycles. The SMILES string of the molecule is COc1ccc(CN2CCC3(CCNCC3)C2)c(OC)c1.Cl. The molecule has 0 atom stereocenters. The van der Waals surface area contributed by atoms with E-state index in [-0.39, 0.29) is 12.4 Å². The molecule has 4 nitrogen and oxygen atoms in total. The molecular weight excluding hydrogens is 300 g/mol. The molecule has 2 aliphatic rings. The molecular formula is C17H27ClN2O2. The number of methoxy groups -OCH3 is 2. The average molecular weight is 327 g/mol. The van der Waals surface area contributed by atoms with Gasteiger partial charge in [-0.05, 0) is 50.4 Å². The predicted molar refractivity (Wildman–Crippen MR) is 91.2 cm³/mol. The lowest BCUT2D eigenvalue weighted by atomic mass is 9.78. The number of nitrogens with zero attached hydrogens (tertiary/aromatic N) is 1. The molecule has 0 amide bonds. The van der Waals surface area contributed by atoms with E-state index < -0.39 is 0 Å². The Kier molecular flexibility index (Phi) is 5.95.